The minimum absolute atomic E-state index is 0.521. The van der Waals surface area contributed by atoms with Crippen LogP contribution in [0.5, 0.6) is 5.75 Å². The number of aryl methyl sites for hydroxylation is 2. The maximum absolute atomic E-state index is 10.4. The van der Waals surface area contributed by atoms with Gasteiger partial charge in [-0.15, -0.1) is 0 Å². The second-order valence-electron chi connectivity index (χ2n) is 6.75. The quantitative estimate of drug-likeness (QED) is 0.773. The van der Waals surface area contributed by atoms with E-state index in [9.17, 15) is 5.11 Å². The number of hydrogen-bond acceptors (Lipinski definition) is 3. The van der Waals surface area contributed by atoms with Crippen LogP contribution in [0.15, 0.2) is 42.5 Å². The van der Waals surface area contributed by atoms with Gasteiger partial charge in [-0.2, -0.15) is 0 Å². The van der Waals surface area contributed by atoms with Crippen molar-refractivity contribution in [3.05, 3.63) is 59.4 Å². The summed E-state index contributed by atoms with van der Waals surface area (Å²) in [5.74, 6) is 1.56. The number of aromatic nitrogens is 2. The number of benzene rings is 2. The molecule has 3 rings (SSSR count). The van der Waals surface area contributed by atoms with Gasteiger partial charge in [0, 0.05) is 0 Å². The highest BCUT2D eigenvalue weighted by Crippen LogP contribution is 2.25. The van der Waals surface area contributed by atoms with Crippen LogP contribution in [0.4, 0.5) is 0 Å². The van der Waals surface area contributed by atoms with Crippen molar-refractivity contribution in [2.45, 2.75) is 39.8 Å². The molecule has 0 unspecified atom stereocenters. The summed E-state index contributed by atoms with van der Waals surface area (Å²) in [6, 6.07) is 14.1. The molecule has 0 saturated heterocycles. The Morgan fingerprint density at radius 1 is 1.12 bits per heavy atom. The van der Waals surface area contributed by atoms with E-state index < -0.39 is 5.60 Å². The fourth-order valence-electron chi connectivity index (χ4n) is 2.98. The lowest BCUT2D eigenvalue weighted by Crippen LogP contribution is -2.23. The summed E-state index contributed by atoms with van der Waals surface area (Å²) in [5, 5.41) is 10.4. The van der Waals surface area contributed by atoms with Gasteiger partial charge in [-0.1, -0.05) is 29.8 Å². The Bertz CT molecular complexity index is 860. The third-order valence-electron chi connectivity index (χ3n) is 4.10. The Labute approximate surface area is 142 Å². The number of hydrogen-bond donors (Lipinski definition) is 1. The number of para-hydroxylation sites is 2. The lowest BCUT2D eigenvalue weighted by atomic mass is 10.1. The molecule has 1 heterocycles. The van der Waals surface area contributed by atoms with Crippen molar-refractivity contribution in [3.8, 4) is 5.75 Å². The number of imidazole rings is 1. The number of rotatable bonds is 5. The third kappa shape index (κ3) is 3.29. The van der Waals surface area contributed by atoms with Gasteiger partial charge in [-0.25, -0.2) is 4.98 Å². The molecule has 0 aliphatic heterocycles. The fraction of sp³-hybridized carbons (Fsp3) is 0.350. The van der Waals surface area contributed by atoms with Crippen LogP contribution < -0.4 is 4.74 Å². The second kappa shape index (κ2) is 6.29. The maximum Gasteiger partial charge on any atom is 0.141 e. The fourth-order valence-corrected chi connectivity index (χ4v) is 2.98. The second-order valence-corrected chi connectivity index (χ2v) is 6.75. The Hall–Kier alpha value is -2.33. The topological polar surface area (TPSA) is 47.3 Å². The smallest absolute Gasteiger partial charge is 0.141 e. The molecule has 4 nitrogen and oxygen atoms in total. The molecule has 3 aromatic rings. The van der Waals surface area contributed by atoms with Crippen molar-refractivity contribution in [2.24, 2.45) is 0 Å². The molecule has 4 heteroatoms. The molecule has 0 aliphatic carbocycles. The molecule has 0 amide bonds. The van der Waals surface area contributed by atoms with Gasteiger partial charge >= 0.3 is 0 Å². The Balaban J connectivity index is 1.84. The molecule has 2 aromatic carbocycles. The van der Waals surface area contributed by atoms with Crippen molar-refractivity contribution in [3.63, 3.8) is 0 Å². The Kier molecular flexibility index (Phi) is 4.33. The van der Waals surface area contributed by atoms with Crippen molar-refractivity contribution in [2.75, 3.05) is 6.61 Å². The zero-order valence-corrected chi connectivity index (χ0v) is 14.7. The first-order valence-corrected chi connectivity index (χ1v) is 8.24. The SMILES string of the molecule is Cc1ccc(OCCn2c(C(C)(C)O)nc3ccccc32)c(C)c1. The lowest BCUT2D eigenvalue weighted by Gasteiger charge is -2.19. The third-order valence-corrected chi connectivity index (χ3v) is 4.10. The van der Waals surface area contributed by atoms with Crippen LogP contribution in [0.25, 0.3) is 11.0 Å². The summed E-state index contributed by atoms with van der Waals surface area (Å²) in [4.78, 5) is 4.60. The molecule has 0 bridgehead atoms. The first-order valence-electron chi connectivity index (χ1n) is 8.24. The van der Waals surface area contributed by atoms with E-state index in [0.29, 0.717) is 19.0 Å². The van der Waals surface area contributed by atoms with Crippen LogP contribution in [-0.4, -0.2) is 21.3 Å². The van der Waals surface area contributed by atoms with Gasteiger partial charge in [-0.05, 0) is 51.5 Å². The normalized spacial score (nSPS) is 11.9. The highest BCUT2D eigenvalue weighted by molar-refractivity contribution is 5.76. The predicted octanol–water partition coefficient (Wildman–Crippen LogP) is 3.96. The summed E-state index contributed by atoms with van der Waals surface area (Å²) in [6.45, 7) is 8.80. The summed E-state index contributed by atoms with van der Waals surface area (Å²) in [7, 11) is 0. The monoisotopic (exact) mass is 324 g/mol. The van der Waals surface area contributed by atoms with E-state index in [1.54, 1.807) is 13.8 Å². The van der Waals surface area contributed by atoms with E-state index >= 15 is 0 Å². The number of nitrogens with zero attached hydrogens (tertiary/aromatic N) is 2. The van der Waals surface area contributed by atoms with Crippen LogP contribution in [0.2, 0.25) is 0 Å². The van der Waals surface area contributed by atoms with Gasteiger partial charge in [-0.3, -0.25) is 0 Å². The molecule has 0 aliphatic rings. The average Bonchev–Trinajstić information content (AvgIpc) is 2.89. The van der Waals surface area contributed by atoms with Gasteiger partial charge in [0.25, 0.3) is 0 Å². The Morgan fingerprint density at radius 2 is 1.88 bits per heavy atom. The molecule has 0 spiro atoms. The van der Waals surface area contributed by atoms with Crippen molar-refractivity contribution in [1.82, 2.24) is 9.55 Å². The van der Waals surface area contributed by atoms with Crippen LogP contribution in [-0.2, 0) is 12.1 Å². The number of ether oxygens (including phenoxy) is 1. The van der Waals surface area contributed by atoms with E-state index in [-0.39, 0.29) is 0 Å². The van der Waals surface area contributed by atoms with Gasteiger partial charge in [0.15, 0.2) is 0 Å². The summed E-state index contributed by atoms with van der Waals surface area (Å²) < 4.78 is 7.99. The van der Waals surface area contributed by atoms with Crippen LogP contribution in [0.3, 0.4) is 0 Å². The molecule has 0 fully saturated rings. The first-order chi connectivity index (χ1) is 11.4. The van der Waals surface area contributed by atoms with Gasteiger partial charge < -0.3 is 14.4 Å². The summed E-state index contributed by atoms with van der Waals surface area (Å²) in [5.41, 5.74) is 3.26. The van der Waals surface area contributed by atoms with Crippen molar-refractivity contribution >= 4 is 11.0 Å². The average molecular weight is 324 g/mol. The largest absolute Gasteiger partial charge is 0.491 e. The molecule has 126 valence electrons. The maximum atomic E-state index is 10.4. The zero-order chi connectivity index (χ0) is 17.3. The molecule has 0 saturated carbocycles. The standard InChI is InChI=1S/C20H24N2O2/c1-14-9-10-18(15(2)13-14)24-12-11-22-17-8-6-5-7-16(17)21-19(22)20(3,4)23/h5-10,13,23H,11-12H2,1-4H3. The van der Waals surface area contributed by atoms with Crippen LogP contribution in [0.1, 0.15) is 30.8 Å². The van der Waals surface area contributed by atoms with Gasteiger partial charge in [0.2, 0.25) is 0 Å². The van der Waals surface area contributed by atoms with Crippen LogP contribution in [0, 0.1) is 13.8 Å². The molecule has 1 aromatic heterocycles. The van der Waals surface area contributed by atoms with Gasteiger partial charge in [0.1, 0.15) is 23.8 Å². The highest BCUT2D eigenvalue weighted by Gasteiger charge is 2.24. The zero-order valence-electron chi connectivity index (χ0n) is 14.7. The predicted molar refractivity (Wildman–Crippen MR) is 96.4 cm³/mol. The molecule has 1 N–H and O–H groups in total. The highest BCUT2D eigenvalue weighted by atomic mass is 16.5. The molecule has 0 atom stereocenters. The number of aliphatic hydroxyl groups is 1. The molecule has 0 radical (unpaired) electrons. The van der Waals surface area contributed by atoms with Crippen LogP contribution >= 0.6 is 0 Å². The Morgan fingerprint density at radius 3 is 2.58 bits per heavy atom. The van der Waals surface area contributed by atoms with Gasteiger partial charge in [0.05, 0.1) is 17.6 Å². The lowest BCUT2D eigenvalue weighted by molar-refractivity contribution is 0.0644. The minimum Gasteiger partial charge on any atom is -0.491 e. The number of fused-ring (bicyclic) bond motifs is 1. The van der Waals surface area contributed by atoms with Crippen molar-refractivity contribution in [1.29, 1.82) is 0 Å². The minimum atomic E-state index is -1.00. The molecular weight excluding hydrogens is 300 g/mol. The van der Waals surface area contributed by atoms with E-state index in [4.69, 9.17) is 4.74 Å². The summed E-state index contributed by atoms with van der Waals surface area (Å²) in [6.07, 6.45) is 0. The van der Waals surface area contributed by atoms with E-state index in [1.807, 2.05) is 34.9 Å². The van der Waals surface area contributed by atoms with E-state index in [0.717, 1.165) is 22.3 Å². The first kappa shape index (κ1) is 16.5. The van der Waals surface area contributed by atoms with Crippen molar-refractivity contribution < 1.29 is 9.84 Å². The summed E-state index contributed by atoms with van der Waals surface area (Å²) >= 11 is 0. The van der Waals surface area contributed by atoms with E-state index in [2.05, 4.69) is 31.0 Å². The molecular formula is C20H24N2O2. The molecule has 24 heavy (non-hydrogen) atoms. The van der Waals surface area contributed by atoms with E-state index in [1.165, 1.54) is 5.56 Å².